The number of nitrogen functional groups attached to an aromatic ring is 1. The van der Waals surface area contributed by atoms with Gasteiger partial charge < -0.3 is 45.1 Å². The van der Waals surface area contributed by atoms with E-state index in [1.807, 2.05) is 6.92 Å². The van der Waals surface area contributed by atoms with Gasteiger partial charge in [-0.15, -0.1) is 0 Å². The summed E-state index contributed by atoms with van der Waals surface area (Å²) in [5.74, 6) is 0.264. The third-order valence-corrected chi connectivity index (χ3v) is 6.56. The maximum absolute atomic E-state index is 11.8. The third kappa shape index (κ3) is 5.77. The number of anilines is 1. The summed E-state index contributed by atoms with van der Waals surface area (Å²) in [6.45, 7) is 1.60. The van der Waals surface area contributed by atoms with Gasteiger partial charge in [0, 0.05) is 26.0 Å². The molecule has 0 spiro atoms. The molecule has 0 saturated carbocycles. The molecule has 7 N–H and O–H groups in total. The van der Waals surface area contributed by atoms with E-state index in [1.165, 1.54) is 32.0 Å². The van der Waals surface area contributed by atoms with Crippen LogP contribution in [0.1, 0.15) is 25.8 Å². The van der Waals surface area contributed by atoms with Crippen molar-refractivity contribution in [1.29, 1.82) is 0 Å². The van der Waals surface area contributed by atoms with Gasteiger partial charge in [-0.25, -0.2) is 19.7 Å². The molecule has 0 bridgehead atoms. The fraction of sp³-hybridized carbons (Fsp3) is 0.609. The van der Waals surface area contributed by atoms with Crippen LogP contribution in [0.25, 0.3) is 11.2 Å². The zero-order valence-electron chi connectivity index (χ0n) is 21.8. The summed E-state index contributed by atoms with van der Waals surface area (Å²) in [6.07, 6.45) is -1.66. The highest BCUT2D eigenvalue weighted by Gasteiger charge is 2.46. The molecule has 0 amide bonds. The molecule has 5 rings (SSSR count). The van der Waals surface area contributed by atoms with Crippen LogP contribution in [0.3, 0.4) is 0 Å². The van der Waals surface area contributed by atoms with Crippen molar-refractivity contribution < 1.29 is 39.4 Å². The maximum atomic E-state index is 11.8. The van der Waals surface area contributed by atoms with E-state index in [4.69, 9.17) is 24.7 Å². The average molecular weight is 568 g/mol. The van der Waals surface area contributed by atoms with Gasteiger partial charge >= 0.3 is 5.69 Å². The Morgan fingerprint density at radius 3 is 2.27 bits per heavy atom. The van der Waals surface area contributed by atoms with Gasteiger partial charge in [0.1, 0.15) is 48.5 Å². The minimum absolute atomic E-state index is 0.264. The van der Waals surface area contributed by atoms with Crippen molar-refractivity contribution in [2.24, 2.45) is 0 Å². The summed E-state index contributed by atoms with van der Waals surface area (Å²) in [4.78, 5) is 37.1. The van der Waals surface area contributed by atoms with Crippen LogP contribution < -0.4 is 17.0 Å². The standard InChI is InChI=1S/C12H18N2O6.C11H15N5O4/c1-2-5-19-10-9(17)7(6-15)20-11(10)14-4-3-8(16)13-12(14)18;1-19-8-7(18)5(2-17)20-11(8)16-4-15-6-9(12)13-3-14-10(6)16/h3-4,7,9-11,15,17H,2,5-6H2,1H3,(H,13,16,18);3-5,7-8,11,17-18H,2H2,1H3,(H2,12,13,14)/t7-,9?,10+,11-;5-,7?,8+,11-/m11/s1. The first-order valence-corrected chi connectivity index (χ1v) is 12.5. The highest BCUT2D eigenvalue weighted by atomic mass is 16.6. The predicted octanol–water partition coefficient (Wildman–Crippen LogP) is -2.74. The summed E-state index contributed by atoms with van der Waals surface area (Å²) in [5, 5.41) is 38.5. The Kier molecular flexibility index (Phi) is 9.59. The number of H-pyrrole nitrogens is 1. The molecule has 17 heteroatoms. The molecule has 2 fully saturated rings. The van der Waals surface area contributed by atoms with Gasteiger partial charge in [0.2, 0.25) is 0 Å². The Bertz CT molecular complexity index is 1380. The van der Waals surface area contributed by atoms with E-state index in [2.05, 4.69) is 19.9 Å². The molecule has 8 atom stereocenters. The number of hydrogen-bond acceptors (Lipinski definition) is 14. The van der Waals surface area contributed by atoms with Gasteiger partial charge in [-0.05, 0) is 6.42 Å². The zero-order valence-corrected chi connectivity index (χ0v) is 21.8. The second kappa shape index (κ2) is 12.9. The first-order chi connectivity index (χ1) is 19.2. The maximum Gasteiger partial charge on any atom is 0.330 e. The van der Waals surface area contributed by atoms with Crippen molar-refractivity contribution in [1.82, 2.24) is 29.1 Å². The van der Waals surface area contributed by atoms with E-state index in [0.717, 1.165) is 11.0 Å². The van der Waals surface area contributed by atoms with Gasteiger partial charge in [0.05, 0.1) is 19.5 Å². The van der Waals surface area contributed by atoms with E-state index < -0.39 is 60.3 Å². The first-order valence-electron chi connectivity index (χ1n) is 12.5. The molecule has 0 radical (unpaired) electrons. The van der Waals surface area contributed by atoms with Gasteiger partial charge in [-0.1, -0.05) is 6.92 Å². The van der Waals surface area contributed by atoms with Crippen LogP contribution in [0.15, 0.2) is 34.5 Å². The Morgan fingerprint density at radius 1 is 1.02 bits per heavy atom. The lowest BCUT2D eigenvalue weighted by atomic mass is 10.1. The Hall–Kier alpha value is -3.29. The highest BCUT2D eigenvalue weighted by molar-refractivity contribution is 5.81. The number of aliphatic hydroxyl groups excluding tert-OH is 4. The number of rotatable bonds is 8. The van der Waals surface area contributed by atoms with E-state index in [1.54, 1.807) is 4.57 Å². The summed E-state index contributed by atoms with van der Waals surface area (Å²) in [6, 6.07) is 1.18. The molecule has 3 aromatic heterocycles. The molecular formula is C23H33N7O10. The Labute approximate surface area is 226 Å². The molecule has 3 aromatic rings. The van der Waals surface area contributed by atoms with Gasteiger partial charge in [0.25, 0.3) is 5.56 Å². The van der Waals surface area contributed by atoms with Crippen LogP contribution in [0.2, 0.25) is 0 Å². The SMILES string of the molecule is CCCO[C@H]1C(O)[C@@H](CO)O[C@H]1n1ccc(=O)[nH]c1=O.CO[C@H]1C(O)[C@@H](CO)O[C@H]1n1cnc2c(N)ncnc21. The number of nitrogens with one attached hydrogen (secondary N) is 1. The largest absolute Gasteiger partial charge is 0.394 e. The van der Waals surface area contributed by atoms with Crippen molar-refractivity contribution in [2.75, 3.05) is 32.7 Å². The lowest BCUT2D eigenvalue weighted by Gasteiger charge is -2.21. The topological polar surface area (TPSA) is 242 Å². The normalized spacial score (nSPS) is 29.9. The van der Waals surface area contributed by atoms with Crippen molar-refractivity contribution >= 4 is 17.0 Å². The number of aliphatic hydroxyl groups is 4. The predicted molar refractivity (Wildman–Crippen MR) is 136 cm³/mol. The number of nitrogens with two attached hydrogens (primary N) is 1. The second-order valence-electron chi connectivity index (χ2n) is 9.11. The Morgan fingerprint density at radius 2 is 1.68 bits per heavy atom. The quantitative estimate of drug-likeness (QED) is 0.162. The minimum atomic E-state index is -1.05. The molecule has 0 aromatic carbocycles. The molecule has 2 unspecified atom stereocenters. The monoisotopic (exact) mass is 567 g/mol. The minimum Gasteiger partial charge on any atom is -0.394 e. The molecule has 17 nitrogen and oxygen atoms in total. The summed E-state index contributed by atoms with van der Waals surface area (Å²) in [5.41, 5.74) is 5.49. The van der Waals surface area contributed by atoms with Crippen LogP contribution in [0.5, 0.6) is 0 Å². The lowest BCUT2D eigenvalue weighted by molar-refractivity contribution is -0.0742. The fourth-order valence-electron chi connectivity index (χ4n) is 4.56. The van der Waals surface area contributed by atoms with Crippen molar-refractivity contribution in [3.05, 3.63) is 45.8 Å². The molecule has 0 aliphatic carbocycles. The van der Waals surface area contributed by atoms with Crippen LogP contribution in [-0.2, 0) is 18.9 Å². The van der Waals surface area contributed by atoms with Crippen LogP contribution >= 0.6 is 0 Å². The smallest absolute Gasteiger partial charge is 0.330 e. The van der Waals surface area contributed by atoms with Crippen LogP contribution in [-0.4, -0.2) is 113 Å². The molecule has 2 aliphatic heterocycles. The molecule has 2 aliphatic rings. The fourth-order valence-corrected chi connectivity index (χ4v) is 4.56. The highest BCUT2D eigenvalue weighted by Crippen LogP contribution is 2.33. The van der Waals surface area contributed by atoms with Gasteiger partial charge in [-0.3, -0.25) is 18.9 Å². The van der Waals surface area contributed by atoms with Gasteiger partial charge in [0.15, 0.2) is 23.9 Å². The molecular weight excluding hydrogens is 534 g/mol. The van der Waals surface area contributed by atoms with E-state index in [-0.39, 0.29) is 19.0 Å². The average Bonchev–Trinajstić information content (AvgIpc) is 3.61. The molecule has 220 valence electrons. The number of imidazole rings is 1. The summed E-state index contributed by atoms with van der Waals surface area (Å²) < 4.78 is 24.6. The number of nitrogens with zero attached hydrogens (tertiary/aromatic N) is 5. The molecule has 40 heavy (non-hydrogen) atoms. The Balaban J connectivity index is 0.000000185. The number of methoxy groups -OCH3 is 1. The zero-order chi connectivity index (χ0) is 29.0. The summed E-state index contributed by atoms with van der Waals surface area (Å²) in [7, 11) is 1.46. The second-order valence-corrected chi connectivity index (χ2v) is 9.11. The van der Waals surface area contributed by atoms with Crippen LogP contribution in [0.4, 0.5) is 5.82 Å². The lowest BCUT2D eigenvalue weighted by Crippen LogP contribution is -2.39. The number of ether oxygens (including phenoxy) is 4. The third-order valence-electron chi connectivity index (χ3n) is 6.56. The number of hydrogen-bond donors (Lipinski definition) is 6. The summed E-state index contributed by atoms with van der Waals surface area (Å²) >= 11 is 0. The van der Waals surface area contributed by atoms with E-state index >= 15 is 0 Å². The van der Waals surface area contributed by atoms with Crippen molar-refractivity contribution in [3.8, 4) is 0 Å². The van der Waals surface area contributed by atoms with Crippen LogP contribution in [0, 0.1) is 0 Å². The van der Waals surface area contributed by atoms with E-state index in [9.17, 15) is 30.0 Å². The molecule has 5 heterocycles. The number of fused-ring (bicyclic) bond motifs is 1. The number of aromatic nitrogens is 6. The number of aromatic amines is 1. The first kappa shape index (κ1) is 29.7. The molecule has 2 saturated heterocycles. The van der Waals surface area contributed by atoms with Crippen molar-refractivity contribution in [2.45, 2.75) is 62.4 Å². The van der Waals surface area contributed by atoms with E-state index in [0.29, 0.717) is 17.8 Å². The van der Waals surface area contributed by atoms with Crippen molar-refractivity contribution in [3.63, 3.8) is 0 Å². The van der Waals surface area contributed by atoms with Gasteiger partial charge in [-0.2, -0.15) is 0 Å².